The summed E-state index contributed by atoms with van der Waals surface area (Å²) in [5.74, 6) is 1.28. The molecule has 0 spiro atoms. The number of aromatic amines is 1. The Morgan fingerprint density at radius 2 is 1.63 bits per heavy atom. The Balaban J connectivity index is 0.00000210. The lowest BCUT2D eigenvalue weighted by Crippen LogP contribution is -2.40. The zero-order chi connectivity index (χ0) is 17.9. The van der Waals surface area contributed by atoms with E-state index in [1.165, 1.54) is 0 Å². The van der Waals surface area contributed by atoms with Gasteiger partial charge >= 0.3 is 0 Å². The highest BCUT2D eigenvalue weighted by atomic mass is 35.5. The summed E-state index contributed by atoms with van der Waals surface area (Å²) in [5, 5.41) is 7.88. The van der Waals surface area contributed by atoms with E-state index < -0.39 is 0 Å². The van der Waals surface area contributed by atoms with Crippen LogP contribution in [0, 0.1) is 0 Å². The minimum absolute atomic E-state index is 0. The first kappa shape index (κ1) is 19.4. The Morgan fingerprint density at radius 3 is 2.30 bits per heavy atom. The van der Waals surface area contributed by atoms with Crippen molar-refractivity contribution >= 4 is 29.9 Å². The average Bonchev–Trinajstić information content (AvgIpc) is 3.19. The van der Waals surface area contributed by atoms with Crippen molar-refractivity contribution < 1.29 is 9.53 Å². The highest BCUT2D eigenvalue weighted by Gasteiger charge is 2.18. The lowest BCUT2D eigenvalue weighted by atomic mass is 10.1. The Kier molecular flexibility index (Phi) is 6.11. The summed E-state index contributed by atoms with van der Waals surface area (Å²) >= 11 is 5.91. The van der Waals surface area contributed by atoms with Crippen LogP contribution >= 0.6 is 24.0 Å². The van der Waals surface area contributed by atoms with Crippen molar-refractivity contribution in [3.8, 4) is 22.8 Å². The highest BCUT2D eigenvalue weighted by Crippen LogP contribution is 2.22. The molecule has 1 aliphatic rings. The van der Waals surface area contributed by atoms with Crippen molar-refractivity contribution in [3.05, 3.63) is 59.1 Å². The molecule has 1 saturated heterocycles. The first-order chi connectivity index (χ1) is 12.7. The van der Waals surface area contributed by atoms with Gasteiger partial charge in [-0.15, -0.1) is 12.4 Å². The quantitative estimate of drug-likeness (QED) is 0.722. The average molecular weight is 405 g/mol. The van der Waals surface area contributed by atoms with E-state index in [0.29, 0.717) is 48.5 Å². The number of carbonyl (C=O) groups is 1. The number of hydrogen-bond donors (Lipinski definition) is 1. The van der Waals surface area contributed by atoms with Crippen LogP contribution < -0.4 is 0 Å². The van der Waals surface area contributed by atoms with E-state index in [9.17, 15) is 4.79 Å². The number of hydrogen-bond acceptors (Lipinski definition) is 4. The van der Waals surface area contributed by atoms with Crippen LogP contribution in [0.4, 0.5) is 0 Å². The number of nitrogens with one attached hydrogen (secondary N) is 1. The van der Waals surface area contributed by atoms with Crippen molar-refractivity contribution in [1.82, 2.24) is 20.1 Å². The third-order valence-electron chi connectivity index (χ3n) is 4.29. The van der Waals surface area contributed by atoms with Crippen LogP contribution in [0.1, 0.15) is 10.4 Å². The maximum Gasteiger partial charge on any atom is 0.254 e. The van der Waals surface area contributed by atoms with Crippen LogP contribution in [-0.4, -0.2) is 52.3 Å². The Labute approximate surface area is 167 Å². The van der Waals surface area contributed by atoms with Gasteiger partial charge in [0, 0.05) is 34.8 Å². The number of carbonyl (C=O) groups excluding carboxylic acids is 1. The molecule has 0 unspecified atom stereocenters. The van der Waals surface area contributed by atoms with Crippen LogP contribution in [0.2, 0.25) is 5.02 Å². The normalized spacial score (nSPS) is 13.9. The van der Waals surface area contributed by atoms with Crippen molar-refractivity contribution in [2.75, 3.05) is 26.3 Å². The lowest BCUT2D eigenvalue weighted by Gasteiger charge is -2.26. The fraction of sp³-hybridized carbons (Fsp3) is 0.211. The van der Waals surface area contributed by atoms with Gasteiger partial charge in [0.05, 0.1) is 13.2 Å². The molecule has 2 aromatic carbocycles. The van der Waals surface area contributed by atoms with Gasteiger partial charge in [-0.25, -0.2) is 4.98 Å². The van der Waals surface area contributed by atoms with Gasteiger partial charge in [-0.2, -0.15) is 5.10 Å². The predicted molar refractivity (Wildman–Crippen MR) is 106 cm³/mol. The fourth-order valence-electron chi connectivity index (χ4n) is 2.84. The molecule has 1 N–H and O–H groups in total. The van der Waals surface area contributed by atoms with Gasteiger partial charge in [0.15, 0.2) is 11.6 Å². The van der Waals surface area contributed by atoms with E-state index >= 15 is 0 Å². The molecule has 27 heavy (non-hydrogen) atoms. The van der Waals surface area contributed by atoms with Gasteiger partial charge in [-0.3, -0.25) is 9.89 Å². The molecule has 0 saturated carbocycles. The Morgan fingerprint density at radius 1 is 1.00 bits per heavy atom. The van der Waals surface area contributed by atoms with Gasteiger partial charge in [0.25, 0.3) is 5.91 Å². The predicted octanol–water partition coefficient (Wildman–Crippen LogP) is 3.69. The molecule has 8 heteroatoms. The number of aromatic nitrogens is 3. The number of ether oxygens (including phenoxy) is 1. The fourth-order valence-corrected chi connectivity index (χ4v) is 2.96. The van der Waals surface area contributed by atoms with E-state index in [4.69, 9.17) is 16.3 Å². The van der Waals surface area contributed by atoms with Crippen molar-refractivity contribution in [2.24, 2.45) is 0 Å². The van der Waals surface area contributed by atoms with E-state index in [-0.39, 0.29) is 18.3 Å². The number of benzene rings is 2. The third kappa shape index (κ3) is 4.30. The maximum absolute atomic E-state index is 12.5. The van der Waals surface area contributed by atoms with Gasteiger partial charge in [0.2, 0.25) is 0 Å². The second-order valence-electron chi connectivity index (χ2n) is 6.00. The van der Waals surface area contributed by atoms with Crippen molar-refractivity contribution in [2.45, 2.75) is 0 Å². The minimum Gasteiger partial charge on any atom is -0.378 e. The second kappa shape index (κ2) is 8.52. The third-order valence-corrected chi connectivity index (χ3v) is 4.54. The lowest BCUT2D eigenvalue weighted by molar-refractivity contribution is 0.0303. The number of amides is 1. The van der Waals surface area contributed by atoms with E-state index in [1.54, 1.807) is 0 Å². The molecule has 0 bridgehead atoms. The number of halogens is 2. The first-order valence-corrected chi connectivity index (χ1v) is 8.74. The molecule has 4 rings (SSSR count). The summed E-state index contributed by atoms with van der Waals surface area (Å²) in [6.07, 6.45) is 0. The molecule has 6 nitrogen and oxygen atoms in total. The van der Waals surface area contributed by atoms with Crippen molar-refractivity contribution in [1.29, 1.82) is 0 Å². The SMILES string of the molecule is Cl.O=C(c1ccc(-c2n[nH]c(-c3ccc(Cl)cc3)n2)cc1)N1CCOCC1. The molecular formula is C19H18Cl2N4O2. The standard InChI is InChI=1S/C19H17ClN4O2.ClH/c20-16-7-5-14(6-8-16)18-21-17(22-23-18)13-1-3-15(4-2-13)19(25)24-9-11-26-12-10-24;/h1-8H,9-12H2,(H,21,22,23);1H. The molecule has 1 aliphatic heterocycles. The molecular weight excluding hydrogens is 387 g/mol. The Bertz CT molecular complexity index is 904. The highest BCUT2D eigenvalue weighted by molar-refractivity contribution is 6.30. The van der Waals surface area contributed by atoms with Crippen molar-refractivity contribution in [3.63, 3.8) is 0 Å². The molecule has 0 aliphatic carbocycles. The van der Waals surface area contributed by atoms with E-state index in [2.05, 4.69) is 15.2 Å². The molecule has 1 amide bonds. The summed E-state index contributed by atoms with van der Waals surface area (Å²) in [4.78, 5) is 18.8. The van der Waals surface area contributed by atoms with Gasteiger partial charge < -0.3 is 9.64 Å². The van der Waals surface area contributed by atoms with Crippen LogP contribution in [0.15, 0.2) is 48.5 Å². The molecule has 3 aromatic rings. The number of morpholine rings is 1. The van der Waals surface area contributed by atoms with Gasteiger partial charge in [-0.05, 0) is 36.4 Å². The number of rotatable bonds is 3. The summed E-state index contributed by atoms with van der Waals surface area (Å²) in [5.41, 5.74) is 2.41. The van der Waals surface area contributed by atoms with E-state index in [1.807, 2.05) is 53.4 Å². The van der Waals surface area contributed by atoms with Crippen LogP contribution in [0.25, 0.3) is 22.8 Å². The zero-order valence-electron chi connectivity index (χ0n) is 14.4. The smallest absolute Gasteiger partial charge is 0.254 e. The number of nitrogens with zero attached hydrogens (tertiary/aromatic N) is 3. The number of H-pyrrole nitrogens is 1. The molecule has 2 heterocycles. The van der Waals surface area contributed by atoms with Crippen LogP contribution in [0.3, 0.4) is 0 Å². The molecule has 1 fully saturated rings. The summed E-state index contributed by atoms with van der Waals surface area (Å²) < 4.78 is 5.29. The van der Waals surface area contributed by atoms with Crippen LogP contribution in [-0.2, 0) is 4.74 Å². The topological polar surface area (TPSA) is 71.1 Å². The van der Waals surface area contributed by atoms with E-state index in [0.717, 1.165) is 11.1 Å². The molecule has 1 aromatic heterocycles. The summed E-state index contributed by atoms with van der Waals surface area (Å²) in [7, 11) is 0. The second-order valence-corrected chi connectivity index (χ2v) is 6.43. The molecule has 0 atom stereocenters. The monoisotopic (exact) mass is 404 g/mol. The van der Waals surface area contributed by atoms with Gasteiger partial charge in [-0.1, -0.05) is 23.7 Å². The summed E-state index contributed by atoms with van der Waals surface area (Å²) in [6, 6.07) is 14.7. The minimum atomic E-state index is 0. The Hall–Kier alpha value is -2.41. The first-order valence-electron chi connectivity index (χ1n) is 8.36. The molecule has 140 valence electrons. The largest absolute Gasteiger partial charge is 0.378 e. The zero-order valence-corrected chi connectivity index (χ0v) is 16.0. The van der Waals surface area contributed by atoms with Crippen LogP contribution in [0.5, 0.6) is 0 Å². The molecule has 0 radical (unpaired) electrons. The maximum atomic E-state index is 12.5. The van der Waals surface area contributed by atoms with Gasteiger partial charge in [0.1, 0.15) is 0 Å². The summed E-state index contributed by atoms with van der Waals surface area (Å²) in [6.45, 7) is 2.45.